The molecule has 0 spiro atoms. The number of aromatic nitrogens is 1. The first-order chi connectivity index (χ1) is 4.77. The van der Waals surface area contributed by atoms with E-state index in [1.54, 1.807) is 0 Å². The molecule has 1 heterocycles. The molecule has 2 heteroatoms. The van der Waals surface area contributed by atoms with Gasteiger partial charge in [-0.15, -0.1) is 0 Å². The first kappa shape index (κ1) is 7.06. The van der Waals surface area contributed by atoms with Crippen LogP contribution < -0.4 is 0 Å². The summed E-state index contributed by atoms with van der Waals surface area (Å²) in [4.78, 5) is 3.19. The lowest BCUT2D eigenvalue weighted by molar-refractivity contribution is 1.04. The Morgan fingerprint density at radius 1 is 1.70 bits per heavy atom. The third-order valence-electron chi connectivity index (χ3n) is 1.58. The van der Waals surface area contributed by atoms with Crippen LogP contribution in [0.4, 0.5) is 0 Å². The van der Waals surface area contributed by atoms with Gasteiger partial charge in [0.05, 0.1) is 0 Å². The second kappa shape index (κ2) is 2.69. The van der Waals surface area contributed by atoms with Crippen LogP contribution in [0.15, 0.2) is 6.07 Å². The van der Waals surface area contributed by atoms with Crippen molar-refractivity contribution < 1.29 is 0 Å². The second-order valence-electron chi connectivity index (χ2n) is 2.38. The summed E-state index contributed by atoms with van der Waals surface area (Å²) in [5, 5.41) is 7.06. The van der Waals surface area contributed by atoms with Crippen LogP contribution in [-0.2, 0) is 6.42 Å². The molecule has 2 nitrogen and oxygen atoms in total. The Hall–Kier alpha value is -1.05. The molecular weight excluding hydrogens is 124 g/mol. The Morgan fingerprint density at radius 2 is 2.40 bits per heavy atom. The van der Waals surface area contributed by atoms with Crippen LogP contribution in [0.5, 0.6) is 0 Å². The van der Waals surface area contributed by atoms with Crippen LogP contribution in [0.3, 0.4) is 0 Å². The van der Waals surface area contributed by atoms with E-state index in [0.717, 1.165) is 23.4 Å². The van der Waals surface area contributed by atoms with Crippen molar-refractivity contribution in [2.75, 3.05) is 0 Å². The molecule has 0 atom stereocenters. The van der Waals surface area contributed by atoms with Crippen LogP contribution in [0.2, 0.25) is 0 Å². The molecule has 2 N–H and O–H groups in total. The fourth-order valence-electron chi connectivity index (χ4n) is 1.09. The van der Waals surface area contributed by atoms with Crippen LogP contribution >= 0.6 is 0 Å². The summed E-state index contributed by atoms with van der Waals surface area (Å²) in [6, 6.07) is 1.99. The van der Waals surface area contributed by atoms with Gasteiger partial charge in [0.15, 0.2) is 0 Å². The highest BCUT2D eigenvalue weighted by atomic mass is 14.7. The third-order valence-corrected chi connectivity index (χ3v) is 1.58. The van der Waals surface area contributed by atoms with Crippen molar-refractivity contribution in [1.82, 2.24) is 4.98 Å². The Balaban J connectivity index is 3.08. The minimum atomic E-state index is 0.971. The molecular formula is C8H12N2. The van der Waals surface area contributed by atoms with E-state index in [9.17, 15) is 0 Å². The predicted octanol–water partition coefficient (Wildman–Crippen LogP) is 1.88. The summed E-state index contributed by atoms with van der Waals surface area (Å²) in [5.41, 5.74) is 3.31. The molecule has 0 aliphatic heterocycles. The van der Waals surface area contributed by atoms with E-state index in [-0.39, 0.29) is 0 Å². The van der Waals surface area contributed by atoms with Gasteiger partial charge in [-0.1, -0.05) is 6.92 Å². The maximum atomic E-state index is 7.06. The topological polar surface area (TPSA) is 39.6 Å². The van der Waals surface area contributed by atoms with Gasteiger partial charge in [0.2, 0.25) is 0 Å². The van der Waals surface area contributed by atoms with E-state index in [0.29, 0.717) is 0 Å². The highest BCUT2D eigenvalue weighted by Crippen LogP contribution is 2.07. The smallest absolute Gasteiger partial charge is 0.0268 e. The van der Waals surface area contributed by atoms with E-state index >= 15 is 0 Å². The number of hydrogen-bond donors (Lipinski definition) is 2. The predicted molar refractivity (Wildman–Crippen MR) is 42.8 cm³/mol. The molecule has 0 aliphatic carbocycles. The zero-order chi connectivity index (χ0) is 7.56. The molecule has 1 aromatic heterocycles. The summed E-state index contributed by atoms with van der Waals surface area (Å²) in [6.07, 6.45) is 2.36. The fraction of sp³-hybridized carbons (Fsp3) is 0.375. The summed E-state index contributed by atoms with van der Waals surface area (Å²) in [6.45, 7) is 4.09. The standard InChI is InChI=1S/C8H12N2/c1-3-8-7(5-9)4-6(2)10-8/h4-5,9-10H,3H2,1-2H3. The van der Waals surface area contributed by atoms with Crippen molar-refractivity contribution in [2.24, 2.45) is 0 Å². The quantitative estimate of drug-likeness (QED) is 0.583. The van der Waals surface area contributed by atoms with Gasteiger partial charge in [-0.25, -0.2) is 0 Å². The average Bonchev–Trinajstić information content (AvgIpc) is 2.30. The van der Waals surface area contributed by atoms with Crippen LogP contribution in [0.1, 0.15) is 23.9 Å². The number of aromatic amines is 1. The summed E-state index contributed by atoms with van der Waals surface area (Å²) in [7, 11) is 0. The lowest BCUT2D eigenvalue weighted by atomic mass is 10.2. The summed E-state index contributed by atoms with van der Waals surface area (Å²) in [5.74, 6) is 0. The molecule has 0 aliphatic rings. The molecule has 0 unspecified atom stereocenters. The van der Waals surface area contributed by atoms with Crippen molar-refractivity contribution in [3.8, 4) is 0 Å². The minimum Gasteiger partial charge on any atom is -0.362 e. The molecule has 0 bridgehead atoms. The molecule has 0 saturated carbocycles. The van der Waals surface area contributed by atoms with Crippen molar-refractivity contribution >= 4 is 6.21 Å². The maximum Gasteiger partial charge on any atom is 0.0268 e. The van der Waals surface area contributed by atoms with E-state index < -0.39 is 0 Å². The third kappa shape index (κ3) is 1.10. The van der Waals surface area contributed by atoms with E-state index in [2.05, 4.69) is 11.9 Å². The van der Waals surface area contributed by atoms with Gasteiger partial charge < -0.3 is 10.4 Å². The van der Waals surface area contributed by atoms with Crippen LogP contribution in [0.25, 0.3) is 0 Å². The van der Waals surface area contributed by atoms with E-state index in [1.807, 2.05) is 13.0 Å². The molecule has 0 radical (unpaired) electrons. The lowest BCUT2D eigenvalue weighted by Crippen LogP contribution is -1.85. The Morgan fingerprint density at radius 3 is 2.80 bits per heavy atom. The first-order valence-corrected chi connectivity index (χ1v) is 3.47. The lowest BCUT2D eigenvalue weighted by Gasteiger charge is -1.90. The normalized spacial score (nSPS) is 9.80. The van der Waals surface area contributed by atoms with Gasteiger partial charge in [-0.3, -0.25) is 0 Å². The molecule has 0 saturated heterocycles. The number of nitrogens with one attached hydrogen (secondary N) is 2. The van der Waals surface area contributed by atoms with Gasteiger partial charge in [0.1, 0.15) is 0 Å². The number of rotatable bonds is 2. The average molecular weight is 136 g/mol. The molecule has 1 rings (SSSR count). The van der Waals surface area contributed by atoms with Gasteiger partial charge >= 0.3 is 0 Å². The van der Waals surface area contributed by atoms with E-state index in [4.69, 9.17) is 5.41 Å². The van der Waals surface area contributed by atoms with Gasteiger partial charge in [-0.05, 0) is 19.4 Å². The Labute approximate surface area is 60.8 Å². The second-order valence-corrected chi connectivity index (χ2v) is 2.38. The zero-order valence-electron chi connectivity index (χ0n) is 6.36. The van der Waals surface area contributed by atoms with E-state index in [1.165, 1.54) is 6.21 Å². The minimum absolute atomic E-state index is 0.971. The molecule has 0 amide bonds. The Kier molecular flexibility index (Phi) is 1.90. The number of aryl methyl sites for hydroxylation is 2. The number of H-pyrrole nitrogens is 1. The van der Waals surface area contributed by atoms with Crippen molar-refractivity contribution in [3.05, 3.63) is 23.0 Å². The highest BCUT2D eigenvalue weighted by molar-refractivity contribution is 5.79. The molecule has 54 valence electrons. The molecule has 0 aromatic carbocycles. The number of hydrogen-bond acceptors (Lipinski definition) is 1. The van der Waals surface area contributed by atoms with Gasteiger partial charge in [-0.2, -0.15) is 0 Å². The fourth-order valence-corrected chi connectivity index (χ4v) is 1.09. The SMILES string of the molecule is CCc1[nH]c(C)cc1C=N. The van der Waals surface area contributed by atoms with Gasteiger partial charge in [0, 0.05) is 23.2 Å². The van der Waals surface area contributed by atoms with Crippen LogP contribution in [0, 0.1) is 12.3 Å². The summed E-state index contributed by atoms with van der Waals surface area (Å²) >= 11 is 0. The summed E-state index contributed by atoms with van der Waals surface area (Å²) < 4.78 is 0. The molecule has 0 fully saturated rings. The highest BCUT2D eigenvalue weighted by Gasteiger charge is 1.99. The zero-order valence-corrected chi connectivity index (χ0v) is 6.36. The molecule has 1 aromatic rings. The van der Waals surface area contributed by atoms with Gasteiger partial charge in [0.25, 0.3) is 0 Å². The monoisotopic (exact) mass is 136 g/mol. The molecule has 10 heavy (non-hydrogen) atoms. The van der Waals surface area contributed by atoms with Crippen molar-refractivity contribution in [2.45, 2.75) is 20.3 Å². The Bertz CT molecular complexity index is 235. The largest absolute Gasteiger partial charge is 0.362 e. The van der Waals surface area contributed by atoms with Crippen molar-refractivity contribution in [3.63, 3.8) is 0 Å². The first-order valence-electron chi connectivity index (χ1n) is 3.47. The maximum absolute atomic E-state index is 7.06. The van der Waals surface area contributed by atoms with Crippen molar-refractivity contribution in [1.29, 1.82) is 5.41 Å². The van der Waals surface area contributed by atoms with Crippen LogP contribution in [-0.4, -0.2) is 11.2 Å².